The quantitative estimate of drug-likeness (QED) is 0.707. The van der Waals surface area contributed by atoms with Crippen LogP contribution < -0.4 is 5.73 Å². The normalized spacial score (nSPS) is 20.4. The summed E-state index contributed by atoms with van der Waals surface area (Å²) in [5.41, 5.74) is 5.38. The minimum atomic E-state index is -0.890. The van der Waals surface area contributed by atoms with Crippen LogP contribution in [0.2, 0.25) is 0 Å². The number of carboxylic acids is 1. The van der Waals surface area contributed by atoms with Crippen LogP contribution in [0.25, 0.3) is 0 Å². The molecule has 76 valence electrons. The standard InChI is InChI=1S/C9H17NO2S/c10-8(9(11)12)6-13-5-7-3-1-2-4-7/h7-8H,1-6,10H2,(H,11,12). The summed E-state index contributed by atoms with van der Waals surface area (Å²) in [6.45, 7) is 0. The van der Waals surface area contributed by atoms with Crippen molar-refractivity contribution in [3.05, 3.63) is 0 Å². The van der Waals surface area contributed by atoms with E-state index in [-0.39, 0.29) is 0 Å². The van der Waals surface area contributed by atoms with E-state index in [0.717, 1.165) is 11.7 Å². The number of hydrogen-bond acceptors (Lipinski definition) is 3. The number of carboxylic acid groups (broad SMARTS) is 1. The van der Waals surface area contributed by atoms with Crippen molar-refractivity contribution in [1.82, 2.24) is 0 Å². The zero-order valence-electron chi connectivity index (χ0n) is 7.74. The second-order valence-corrected chi connectivity index (χ2v) is 4.71. The van der Waals surface area contributed by atoms with E-state index in [1.54, 1.807) is 11.8 Å². The van der Waals surface area contributed by atoms with Gasteiger partial charge in [-0.2, -0.15) is 11.8 Å². The Morgan fingerprint density at radius 2 is 2.15 bits per heavy atom. The molecule has 0 saturated heterocycles. The lowest BCUT2D eigenvalue weighted by molar-refractivity contribution is -0.137. The van der Waals surface area contributed by atoms with E-state index in [1.807, 2.05) is 0 Å². The van der Waals surface area contributed by atoms with Gasteiger partial charge in [-0.1, -0.05) is 12.8 Å². The highest BCUT2D eigenvalue weighted by Gasteiger charge is 2.16. The summed E-state index contributed by atoms with van der Waals surface area (Å²) < 4.78 is 0. The van der Waals surface area contributed by atoms with Crippen LogP contribution in [0, 0.1) is 5.92 Å². The van der Waals surface area contributed by atoms with Gasteiger partial charge < -0.3 is 10.8 Å². The van der Waals surface area contributed by atoms with Gasteiger partial charge in [0.05, 0.1) is 0 Å². The number of aliphatic carboxylic acids is 1. The van der Waals surface area contributed by atoms with Crippen molar-refractivity contribution in [2.75, 3.05) is 11.5 Å². The lowest BCUT2D eigenvalue weighted by Gasteiger charge is -2.09. The van der Waals surface area contributed by atoms with Crippen molar-refractivity contribution < 1.29 is 9.90 Å². The smallest absolute Gasteiger partial charge is 0.321 e. The first-order valence-corrected chi connectivity index (χ1v) is 5.91. The number of rotatable bonds is 5. The van der Waals surface area contributed by atoms with Crippen LogP contribution in [0.3, 0.4) is 0 Å². The van der Waals surface area contributed by atoms with E-state index >= 15 is 0 Å². The molecular weight excluding hydrogens is 186 g/mol. The Hall–Kier alpha value is -0.220. The zero-order chi connectivity index (χ0) is 9.68. The minimum Gasteiger partial charge on any atom is -0.480 e. The van der Waals surface area contributed by atoms with E-state index in [0.29, 0.717) is 5.75 Å². The van der Waals surface area contributed by atoms with Crippen LogP contribution in [0.15, 0.2) is 0 Å². The number of carbonyl (C=O) groups is 1. The molecule has 4 heteroatoms. The molecule has 1 aliphatic rings. The van der Waals surface area contributed by atoms with E-state index in [2.05, 4.69) is 0 Å². The van der Waals surface area contributed by atoms with E-state index in [1.165, 1.54) is 25.7 Å². The van der Waals surface area contributed by atoms with Crippen molar-refractivity contribution in [2.45, 2.75) is 31.7 Å². The summed E-state index contributed by atoms with van der Waals surface area (Å²) in [5, 5.41) is 8.54. The van der Waals surface area contributed by atoms with Crippen LogP contribution in [0.4, 0.5) is 0 Å². The minimum absolute atomic E-state index is 0.547. The highest BCUT2D eigenvalue weighted by Crippen LogP contribution is 2.27. The molecule has 1 unspecified atom stereocenters. The lowest BCUT2D eigenvalue weighted by atomic mass is 10.1. The molecule has 1 rings (SSSR count). The van der Waals surface area contributed by atoms with Crippen molar-refractivity contribution in [2.24, 2.45) is 11.7 Å². The molecule has 1 aliphatic carbocycles. The topological polar surface area (TPSA) is 63.3 Å². The summed E-state index contributed by atoms with van der Waals surface area (Å²) in [7, 11) is 0. The molecule has 0 bridgehead atoms. The average Bonchev–Trinajstić information content (AvgIpc) is 2.56. The SMILES string of the molecule is NC(CSCC1CCCC1)C(=O)O. The van der Waals surface area contributed by atoms with E-state index in [4.69, 9.17) is 10.8 Å². The van der Waals surface area contributed by atoms with Gasteiger partial charge in [-0.25, -0.2) is 0 Å². The van der Waals surface area contributed by atoms with Crippen LogP contribution >= 0.6 is 11.8 Å². The van der Waals surface area contributed by atoms with Gasteiger partial charge in [0.1, 0.15) is 6.04 Å². The Morgan fingerprint density at radius 1 is 1.54 bits per heavy atom. The molecule has 0 amide bonds. The van der Waals surface area contributed by atoms with Gasteiger partial charge in [-0.15, -0.1) is 0 Å². The first kappa shape index (κ1) is 10.9. The van der Waals surface area contributed by atoms with Gasteiger partial charge in [0.15, 0.2) is 0 Å². The molecule has 0 radical (unpaired) electrons. The van der Waals surface area contributed by atoms with Gasteiger partial charge in [-0.05, 0) is 24.5 Å². The summed E-state index contributed by atoms with van der Waals surface area (Å²) in [5.74, 6) is 1.55. The molecule has 1 atom stereocenters. The largest absolute Gasteiger partial charge is 0.480 e. The van der Waals surface area contributed by atoms with Crippen LogP contribution in [-0.4, -0.2) is 28.6 Å². The monoisotopic (exact) mass is 203 g/mol. The Kier molecular flexibility index (Phi) is 4.59. The maximum Gasteiger partial charge on any atom is 0.321 e. The second kappa shape index (κ2) is 5.50. The molecule has 13 heavy (non-hydrogen) atoms. The molecule has 1 fully saturated rings. The molecule has 3 nitrogen and oxygen atoms in total. The predicted molar refractivity (Wildman–Crippen MR) is 54.9 cm³/mol. The maximum absolute atomic E-state index is 10.4. The number of hydrogen-bond donors (Lipinski definition) is 2. The summed E-state index contributed by atoms with van der Waals surface area (Å²) in [4.78, 5) is 10.4. The maximum atomic E-state index is 10.4. The van der Waals surface area contributed by atoms with Gasteiger partial charge in [0, 0.05) is 5.75 Å². The predicted octanol–water partition coefficient (Wildman–Crippen LogP) is 1.32. The summed E-state index contributed by atoms with van der Waals surface area (Å²) >= 11 is 1.68. The molecule has 1 saturated carbocycles. The van der Waals surface area contributed by atoms with Crippen molar-refractivity contribution >= 4 is 17.7 Å². The third-order valence-corrected chi connectivity index (χ3v) is 3.74. The van der Waals surface area contributed by atoms with Gasteiger partial charge in [0.25, 0.3) is 0 Å². The molecule has 0 aliphatic heterocycles. The number of thioether (sulfide) groups is 1. The Balaban J connectivity index is 2.02. The van der Waals surface area contributed by atoms with Crippen LogP contribution in [0.1, 0.15) is 25.7 Å². The van der Waals surface area contributed by atoms with Crippen molar-refractivity contribution in [3.63, 3.8) is 0 Å². The Labute approximate surface area is 83.1 Å². The second-order valence-electron chi connectivity index (χ2n) is 3.63. The molecule has 0 heterocycles. The Bertz CT molecular complexity index is 169. The fourth-order valence-corrected chi connectivity index (χ4v) is 2.81. The van der Waals surface area contributed by atoms with Crippen molar-refractivity contribution in [1.29, 1.82) is 0 Å². The van der Waals surface area contributed by atoms with Gasteiger partial charge in [-0.3, -0.25) is 4.79 Å². The highest BCUT2D eigenvalue weighted by atomic mass is 32.2. The molecular formula is C9H17NO2S. The molecule has 0 aromatic heterocycles. The van der Waals surface area contributed by atoms with Gasteiger partial charge >= 0.3 is 5.97 Å². The average molecular weight is 203 g/mol. The molecule has 0 aromatic rings. The number of nitrogens with two attached hydrogens (primary N) is 1. The summed E-state index contributed by atoms with van der Waals surface area (Å²) in [6, 6.07) is -0.689. The fraction of sp³-hybridized carbons (Fsp3) is 0.889. The molecule has 0 aromatic carbocycles. The fourth-order valence-electron chi connectivity index (χ4n) is 1.61. The highest BCUT2D eigenvalue weighted by molar-refractivity contribution is 7.99. The third-order valence-electron chi connectivity index (χ3n) is 2.44. The lowest BCUT2D eigenvalue weighted by Crippen LogP contribution is -2.32. The first-order chi connectivity index (χ1) is 6.20. The van der Waals surface area contributed by atoms with E-state index < -0.39 is 12.0 Å². The summed E-state index contributed by atoms with van der Waals surface area (Å²) in [6.07, 6.45) is 5.32. The van der Waals surface area contributed by atoms with Crippen LogP contribution in [0.5, 0.6) is 0 Å². The van der Waals surface area contributed by atoms with Crippen LogP contribution in [-0.2, 0) is 4.79 Å². The van der Waals surface area contributed by atoms with E-state index in [9.17, 15) is 4.79 Å². The third kappa shape index (κ3) is 4.00. The zero-order valence-corrected chi connectivity index (χ0v) is 8.55. The molecule has 0 spiro atoms. The molecule has 3 N–H and O–H groups in total. The van der Waals surface area contributed by atoms with Crippen molar-refractivity contribution in [3.8, 4) is 0 Å². The first-order valence-electron chi connectivity index (χ1n) is 4.76. The van der Waals surface area contributed by atoms with Gasteiger partial charge in [0.2, 0.25) is 0 Å². The Morgan fingerprint density at radius 3 is 2.69 bits per heavy atom.